The van der Waals surface area contributed by atoms with Crippen molar-refractivity contribution in [2.45, 2.75) is 38.2 Å². The van der Waals surface area contributed by atoms with E-state index in [9.17, 15) is 4.79 Å². The predicted molar refractivity (Wildman–Crippen MR) is 38.9 cm³/mol. The summed E-state index contributed by atoms with van der Waals surface area (Å²) in [7, 11) is 0. The molecular weight excluding hydrogens is 128 g/mol. The first-order valence-electron chi connectivity index (χ1n) is 3.93. The van der Waals surface area contributed by atoms with Gasteiger partial charge in [0.25, 0.3) is 0 Å². The summed E-state index contributed by atoms with van der Waals surface area (Å²) < 4.78 is 5.37. The molecule has 58 valence electrons. The minimum absolute atomic E-state index is 0.394. The summed E-state index contributed by atoms with van der Waals surface area (Å²) in [5, 5.41) is 0. The minimum Gasteiger partial charge on any atom is -0.368 e. The van der Waals surface area contributed by atoms with E-state index in [0.717, 1.165) is 32.0 Å². The Hall–Kier alpha value is -0.370. The Balaban J connectivity index is 2.49. The molecule has 0 unspecified atom stereocenters. The van der Waals surface area contributed by atoms with Crippen molar-refractivity contribution in [2.24, 2.45) is 0 Å². The highest BCUT2D eigenvalue weighted by molar-refractivity contribution is 5.63. The SMILES string of the molecule is CCOC1(C=O)CCCC1. The van der Waals surface area contributed by atoms with Crippen molar-refractivity contribution in [2.75, 3.05) is 6.61 Å². The Morgan fingerprint density at radius 1 is 1.50 bits per heavy atom. The van der Waals surface area contributed by atoms with Gasteiger partial charge in [-0.25, -0.2) is 0 Å². The van der Waals surface area contributed by atoms with Gasteiger partial charge in [0.05, 0.1) is 0 Å². The molecule has 1 saturated carbocycles. The van der Waals surface area contributed by atoms with Crippen molar-refractivity contribution in [3.8, 4) is 0 Å². The average Bonchev–Trinajstić information content (AvgIpc) is 2.39. The zero-order valence-electron chi connectivity index (χ0n) is 6.43. The molecule has 2 nitrogen and oxygen atoms in total. The largest absolute Gasteiger partial charge is 0.368 e. The molecule has 0 aliphatic heterocycles. The number of rotatable bonds is 3. The van der Waals surface area contributed by atoms with Crippen LogP contribution in [0.2, 0.25) is 0 Å². The normalized spacial score (nSPS) is 22.9. The second-order valence-electron chi connectivity index (χ2n) is 2.82. The van der Waals surface area contributed by atoms with Crippen molar-refractivity contribution < 1.29 is 9.53 Å². The fourth-order valence-electron chi connectivity index (χ4n) is 1.56. The molecule has 0 saturated heterocycles. The van der Waals surface area contributed by atoms with Gasteiger partial charge in [-0.1, -0.05) is 12.8 Å². The van der Waals surface area contributed by atoms with Crippen molar-refractivity contribution in [1.29, 1.82) is 0 Å². The van der Waals surface area contributed by atoms with Gasteiger partial charge in [-0.2, -0.15) is 0 Å². The molecular formula is C8H14O2. The van der Waals surface area contributed by atoms with Gasteiger partial charge >= 0.3 is 0 Å². The summed E-state index contributed by atoms with van der Waals surface area (Å²) in [4.78, 5) is 10.6. The lowest BCUT2D eigenvalue weighted by Crippen LogP contribution is -2.30. The summed E-state index contributed by atoms with van der Waals surface area (Å²) in [6.07, 6.45) is 5.09. The molecule has 0 spiro atoms. The monoisotopic (exact) mass is 142 g/mol. The molecule has 0 atom stereocenters. The third-order valence-corrected chi connectivity index (χ3v) is 2.10. The van der Waals surface area contributed by atoms with Crippen LogP contribution in [-0.4, -0.2) is 18.5 Å². The molecule has 0 N–H and O–H groups in total. The van der Waals surface area contributed by atoms with Crippen LogP contribution >= 0.6 is 0 Å². The van der Waals surface area contributed by atoms with Crippen LogP contribution in [0.15, 0.2) is 0 Å². The van der Waals surface area contributed by atoms with Crippen molar-refractivity contribution >= 4 is 6.29 Å². The fraction of sp³-hybridized carbons (Fsp3) is 0.875. The van der Waals surface area contributed by atoms with Crippen LogP contribution in [-0.2, 0) is 9.53 Å². The van der Waals surface area contributed by atoms with E-state index in [1.807, 2.05) is 6.92 Å². The van der Waals surface area contributed by atoms with E-state index in [1.54, 1.807) is 0 Å². The molecule has 10 heavy (non-hydrogen) atoms. The highest BCUT2D eigenvalue weighted by Crippen LogP contribution is 2.30. The van der Waals surface area contributed by atoms with Gasteiger partial charge in [0.15, 0.2) is 6.29 Å². The van der Waals surface area contributed by atoms with E-state index in [1.165, 1.54) is 0 Å². The zero-order chi connectivity index (χ0) is 7.45. The smallest absolute Gasteiger partial charge is 0.151 e. The zero-order valence-corrected chi connectivity index (χ0v) is 6.43. The number of carbonyl (C=O) groups is 1. The van der Waals surface area contributed by atoms with Crippen LogP contribution < -0.4 is 0 Å². The van der Waals surface area contributed by atoms with Gasteiger partial charge in [0, 0.05) is 6.61 Å². The third-order valence-electron chi connectivity index (χ3n) is 2.10. The summed E-state index contributed by atoms with van der Waals surface area (Å²) in [5.74, 6) is 0. The Bertz CT molecular complexity index is 114. The maximum Gasteiger partial charge on any atom is 0.151 e. The quantitative estimate of drug-likeness (QED) is 0.559. The molecule has 1 aliphatic rings. The van der Waals surface area contributed by atoms with Gasteiger partial charge in [0.2, 0.25) is 0 Å². The molecule has 1 rings (SSSR count). The van der Waals surface area contributed by atoms with Crippen LogP contribution in [0.25, 0.3) is 0 Å². The molecule has 2 heteroatoms. The molecule has 0 bridgehead atoms. The van der Waals surface area contributed by atoms with Crippen molar-refractivity contribution in [3.05, 3.63) is 0 Å². The number of hydrogen-bond acceptors (Lipinski definition) is 2. The molecule has 0 aromatic carbocycles. The first-order valence-corrected chi connectivity index (χ1v) is 3.93. The lowest BCUT2D eigenvalue weighted by Gasteiger charge is -2.20. The van der Waals surface area contributed by atoms with Crippen molar-refractivity contribution in [1.82, 2.24) is 0 Å². The van der Waals surface area contributed by atoms with E-state index < -0.39 is 5.60 Å². The Kier molecular flexibility index (Phi) is 2.44. The van der Waals surface area contributed by atoms with E-state index in [4.69, 9.17) is 4.74 Å². The van der Waals surface area contributed by atoms with Crippen LogP contribution in [0.1, 0.15) is 32.6 Å². The van der Waals surface area contributed by atoms with Crippen LogP contribution in [0.5, 0.6) is 0 Å². The molecule has 0 heterocycles. The number of ether oxygens (including phenoxy) is 1. The van der Waals surface area contributed by atoms with Gasteiger partial charge < -0.3 is 9.53 Å². The summed E-state index contributed by atoms with van der Waals surface area (Å²) in [6, 6.07) is 0. The third kappa shape index (κ3) is 1.37. The van der Waals surface area contributed by atoms with Crippen LogP contribution in [0, 0.1) is 0 Å². The Morgan fingerprint density at radius 2 is 2.10 bits per heavy atom. The first kappa shape index (κ1) is 7.73. The highest BCUT2D eigenvalue weighted by atomic mass is 16.5. The van der Waals surface area contributed by atoms with Crippen molar-refractivity contribution in [3.63, 3.8) is 0 Å². The highest BCUT2D eigenvalue weighted by Gasteiger charge is 2.33. The van der Waals surface area contributed by atoms with Gasteiger partial charge in [-0.05, 0) is 19.8 Å². The van der Waals surface area contributed by atoms with Gasteiger partial charge in [-0.3, -0.25) is 0 Å². The second kappa shape index (κ2) is 3.15. The summed E-state index contributed by atoms with van der Waals surface area (Å²) >= 11 is 0. The number of carbonyl (C=O) groups excluding carboxylic acids is 1. The molecule has 0 amide bonds. The van der Waals surface area contributed by atoms with Gasteiger partial charge in [0.1, 0.15) is 5.60 Å². The predicted octanol–water partition coefficient (Wildman–Crippen LogP) is 1.53. The fourth-order valence-corrected chi connectivity index (χ4v) is 1.56. The average molecular weight is 142 g/mol. The van der Waals surface area contributed by atoms with Crippen LogP contribution in [0.3, 0.4) is 0 Å². The summed E-state index contributed by atoms with van der Waals surface area (Å²) in [5.41, 5.74) is -0.394. The second-order valence-corrected chi connectivity index (χ2v) is 2.82. The molecule has 0 aromatic rings. The number of hydrogen-bond donors (Lipinski definition) is 0. The maximum absolute atomic E-state index is 10.6. The van der Waals surface area contributed by atoms with E-state index in [-0.39, 0.29) is 0 Å². The molecule has 1 aliphatic carbocycles. The minimum atomic E-state index is -0.394. The van der Waals surface area contributed by atoms with Gasteiger partial charge in [-0.15, -0.1) is 0 Å². The van der Waals surface area contributed by atoms with E-state index in [0.29, 0.717) is 6.61 Å². The van der Waals surface area contributed by atoms with E-state index >= 15 is 0 Å². The molecule has 0 aromatic heterocycles. The lowest BCUT2D eigenvalue weighted by molar-refractivity contribution is -0.129. The topological polar surface area (TPSA) is 26.3 Å². The first-order chi connectivity index (χ1) is 4.83. The number of aldehydes is 1. The molecule has 1 fully saturated rings. The molecule has 0 radical (unpaired) electrons. The Labute approximate surface area is 61.6 Å². The van der Waals surface area contributed by atoms with E-state index in [2.05, 4.69) is 0 Å². The Morgan fingerprint density at radius 3 is 2.50 bits per heavy atom. The lowest BCUT2D eigenvalue weighted by atomic mass is 10.1. The standard InChI is InChI=1S/C8H14O2/c1-2-10-8(7-9)5-3-4-6-8/h7H,2-6H2,1H3. The maximum atomic E-state index is 10.6. The van der Waals surface area contributed by atoms with Crippen LogP contribution in [0.4, 0.5) is 0 Å². The summed E-state index contributed by atoms with van der Waals surface area (Å²) in [6.45, 7) is 2.59.